The molecule has 1 aliphatic heterocycles. The highest BCUT2D eigenvalue weighted by molar-refractivity contribution is 5.71. The molecule has 0 spiro atoms. The molecule has 1 aliphatic rings. The molecule has 2 unspecified atom stereocenters. The lowest BCUT2D eigenvalue weighted by Gasteiger charge is -2.21. The van der Waals surface area contributed by atoms with Gasteiger partial charge in [0.05, 0.1) is 12.5 Å². The normalized spacial score (nSPS) is 22.5. The number of carboxylic acids is 1. The number of aliphatic carboxylic acids is 1. The zero-order chi connectivity index (χ0) is 14.8. The van der Waals surface area contributed by atoms with E-state index in [9.17, 15) is 4.79 Å². The van der Waals surface area contributed by atoms with Crippen LogP contribution < -0.4 is 0 Å². The highest BCUT2D eigenvalue weighted by Crippen LogP contribution is 2.27. The van der Waals surface area contributed by atoms with Crippen molar-refractivity contribution in [3.8, 4) is 11.3 Å². The summed E-state index contributed by atoms with van der Waals surface area (Å²) in [4.78, 5) is 13.3. The monoisotopic (exact) mass is 286 g/mol. The largest absolute Gasteiger partial charge is 0.481 e. The van der Waals surface area contributed by atoms with Gasteiger partial charge in [-0.05, 0) is 19.9 Å². The fourth-order valence-corrected chi connectivity index (χ4v) is 2.89. The molecule has 0 aliphatic carbocycles. The maximum atomic E-state index is 11.1. The van der Waals surface area contributed by atoms with Gasteiger partial charge in [0, 0.05) is 17.7 Å². The molecule has 3 rings (SSSR count). The standard InChI is InChI=1S/C16H18N2O3/c1-11-14(16(19)20)7-8-18(11)10-13-9-15(17-21-13)12-5-3-2-4-6-12/h2-6,9,11,14H,7-8,10H2,1H3,(H,19,20). The molecular formula is C16H18N2O3. The predicted molar refractivity (Wildman–Crippen MR) is 77.6 cm³/mol. The Labute approximate surface area is 123 Å². The summed E-state index contributed by atoms with van der Waals surface area (Å²) in [6.45, 7) is 3.34. The average molecular weight is 286 g/mol. The highest BCUT2D eigenvalue weighted by Gasteiger charge is 2.35. The number of aromatic nitrogens is 1. The molecular weight excluding hydrogens is 268 g/mol. The zero-order valence-corrected chi connectivity index (χ0v) is 11.9. The number of likely N-dealkylation sites (tertiary alicyclic amines) is 1. The SMILES string of the molecule is CC1C(C(=O)O)CCN1Cc1cc(-c2ccccc2)no1. The summed E-state index contributed by atoms with van der Waals surface area (Å²) >= 11 is 0. The third kappa shape index (κ3) is 2.83. The van der Waals surface area contributed by atoms with Crippen LogP contribution in [0.5, 0.6) is 0 Å². The number of hydrogen-bond acceptors (Lipinski definition) is 4. The second-order valence-corrected chi connectivity index (χ2v) is 5.49. The van der Waals surface area contributed by atoms with Gasteiger partial charge in [-0.1, -0.05) is 35.5 Å². The quantitative estimate of drug-likeness (QED) is 0.936. The van der Waals surface area contributed by atoms with Gasteiger partial charge < -0.3 is 9.63 Å². The first-order chi connectivity index (χ1) is 10.1. The van der Waals surface area contributed by atoms with Crippen molar-refractivity contribution in [2.75, 3.05) is 6.54 Å². The Morgan fingerprint density at radius 1 is 1.43 bits per heavy atom. The van der Waals surface area contributed by atoms with Crippen LogP contribution in [0.4, 0.5) is 0 Å². The molecule has 2 heterocycles. The van der Waals surface area contributed by atoms with Crippen molar-refractivity contribution in [3.63, 3.8) is 0 Å². The fourth-order valence-electron chi connectivity index (χ4n) is 2.89. The smallest absolute Gasteiger partial charge is 0.308 e. The van der Waals surface area contributed by atoms with E-state index in [-0.39, 0.29) is 12.0 Å². The van der Waals surface area contributed by atoms with Crippen LogP contribution in [0.2, 0.25) is 0 Å². The van der Waals surface area contributed by atoms with E-state index in [1.165, 1.54) is 0 Å². The predicted octanol–water partition coefficient (Wildman–Crippen LogP) is 2.64. The highest BCUT2D eigenvalue weighted by atomic mass is 16.5. The number of rotatable bonds is 4. The van der Waals surface area contributed by atoms with Crippen LogP contribution in [0.3, 0.4) is 0 Å². The Morgan fingerprint density at radius 3 is 2.86 bits per heavy atom. The zero-order valence-electron chi connectivity index (χ0n) is 11.9. The molecule has 1 aromatic heterocycles. The van der Waals surface area contributed by atoms with Crippen molar-refractivity contribution < 1.29 is 14.4 Å². The fraction of sp³-hybridized carbons (Fsp3) is 0.375. The van der Waals surface area contributed by atoms with E-state index in [4.69, 9.17) is 9.63 Å². The molecule has 0 amide bonds. The van der Waals surface area contributed by atoms with Crippen LogP contribution >= 0.6 is 0 Å². The number of carboxylic acid groups (broad SMARTS) is 1. The first-order valence-electron chi connectivity index (χ1n) is 7.13. The lowest BCUT2D eigenvalue weighted by atomic mass is 10.0. The van der Waals surface area contributed by atoms with Gasteiger partial charge in [0.1, 0.15) is 5.69 Å². The molecule has 1 saturated heterocycles. The molecule has 5 nitrogen and oxygen atoms in total. The number of nitrogens with zero attached hydrogens (tertiary/aromatic N) is 2. The van der Waals surface area contributed by atoms with Crippen molar-refractivity contribution in [1.82, 2.24) is 10.1 Å². The minimum Gasteiger partial charge on any atom is -0.481 e. The molecule has 110 valence electrons. The van der Waals surface area contributed by atoms with Gasteiger partial charge in [-0.25, -0.2) is 0 Å². The van der Waals surface area contributed by atoms with E-state index in [1.807, 2.05) is 43.3 Å². The summed E-state index contributed by atoms with van der Waals surface area (Å²) in [5, 5.41) is 13.2. The molecule has 0 saturated carbocycles. The summed E-state index contributed by atoms with van der Waals surface area (Å²) in [5.41, 5.74) is 1.83. The summed E-state index contributed by atoms with van der Waals surface area (Å²) in [5.74, 6) is -0.235. The van der Waals surface area contributed by atoms with Crippen LogP contribution in [0.15, 0.2) is 40.9 Å². The number of carbonyl (C=O) groups is 1. The molecule has 2 atom stereocenters. The summed E-state index contributed by atoms with van der Waals surface area (Å²) < 4.78 is 5.39. The Hall–Kier alpha value is -2.14. The van der Waals surface area contributed by atoms with Gasteiger partial charge in [-0.3, -0.25) is 9.69 Å². The van der Waals surface area contributed by atoms with E-state index in [1.54, 1.807) is 0 Å². The van der Waals surface area contributed by atoms with Crippen molar-refractivity contribution in [2.45, 2.75) is 25.9 Å². The molecule has 2 aromatic rings. The van der Waals surface area contributed by atoms with Gasteiger partial charge in [-0.15, -0.1) is 0 Å². The molecule has 1 aromatic carbocycles. The van der Waals surface area contributed by atoms with E-state index >= 15 is 0 Å². The van der Waals surface area contributed by atoms with E-state index in [2.05, 4.69) is 10.1 Å². The topological polar surface area (TPSA) is 66.6 Å². The first-order valence-corrected chi connectivity index (χ1v) is 7.13. The number of benzene rings is 1. The van der Waals surface area contributed by atoms with Crippen molar-refractivity contribution in [2.24, 2.45) is 5.92 Å². The minimum absolute atomic E-state index is 0.0211. The molecule has 0 radical (unpaired) electrons. The van der Waals surface area contributed by atoms with Crippen LogP contribution in [-0.4, -0.2) is 33.7 Å². The van der Waals surface area contributed by atoms with Crippen molar-refractivity contribution >= 4 is 5.97 Å². The van der Waals surface area contributed by atoms with Gasteiger partial charge in [0.15, 0.2) is 5.76 Å². The van der Waals surface area contributed by atoms with Gasteiger partial charge in [0.2, 0.25) is 0 Å². The maximum absolute atomic E-state index is 11.1. The van der Waals surface area contributed by atoms with Crippen LogP contribution in [-0.2, 0) is 11.3 Å². The first kappa shape index (κ1) is 13.8. The van der Waals surface area contributed by atoms with Crippen LogP contribution in [0.25, 0.3) is 11.3 Å². The molecule has 1 fully saturated rings. The third-order valence-electron chi connectivity index (χ3n) is 4.19. The number of hydrogen-bond donors (Lipinski definition) is 1. The Balaban J connectivity index is 1.70. The summed E-state index contributed by atoms with van der Waals surface area (Å²) in [7, 11) is 0. The van der Waals surface area contributed by atoms with E-state index in [0.717, 1.165) is 23.6 Å². The Bertz CT molecular complexity index is 623. The van der Waals surface area contributed by atoms with E-state index < -0.39 is 5.97 Å². The molecule has 21 heavy (non-hydrogen) atoms. The minimum atomic E-state index is -0.715. The van der Waals surface area contributed by atoms with Gasteiger partial charge in [0.25, 0.3) is 0 Å². The van der Waals surface area contributed by atoms with Gasteiger partial charge in [-0.2, -0.15) is 0 Å². The summed E-state index contributed by atoms with van der Waals surface area (Å²) in [6, 6.07) is 11.8. The van der Waals surface area contributed by atoms with Crippen molar-refractivity contribution in [3.05, 3.63) is 42.2 Å². The average Bonchev–Trinajstić information content (AvgIpc) is 3.08. The molecule has 5 heteroatoms. The second-order valence-electron chi connectivity index (χ2n) is 5.49. The van der Waals surface area contributed by atoms with Gasteiger partial charge >= 0.3 is 5.97 Å². The maximum Gasteiger partial charge on any atom is 0.308 e. The Morgan fingerprint density at radius 2 is 2.19 bits per heavy atom. The Kier molecular flexibility index (Phi) is 3.75. The van der Waals surface area contributed by atoms with Crippen LogP contribution in [0.1, 0.15) is 19.1 Å². The lowest BCUT2D eigenvalue weighted by molar-refractivity contribution is -0.142. The second kappa shape index (κ2) is 5.69. The molecule has 0 bridgehead atoms. The van der Waals surface area contributed by atoms with E-state index in [0.29, 0.717) is 13.0 Å². The summed E-state index contributed by atoms with van der Waals surface area (Å²) in [6.07, 6.45) is 0.691. The third-order valence-corrected chi connectivity index (χ3v) is 4.19. The molecule has 1 N–H and O–H groups in total. The lowest BCUT2D eigenvalue weighted by Crippen LogP contribution is -2.32. The van der Waals surface area contributed by atoms with Crippen molar-refractivity contribution in [1.29, 1.82) is 0 Å². The van der Waals surface area contributed by atoms with Crippen LogP contribution in [0, 0.1) is 5.92 Å².